The predicted molar refractivity (Wildman–Crippen MR) is 70.3 cm³/mol. The Bertz CT molecular complexity index is 747. The summed E-state index contributed by atoms with van der Waals surface area (Å²) in [6, 6.07) is 4.77. The molecule has 1 heterocycles. The Labute approximate surface area is 113 Å². The summed E-state index contributed by atoms with van der Waals surface area (Å²) < 4.78 is 26.3. The van der Waals surface area contributed by atoms with Crippen LogP contribution >= 0.6 is 0 Å². The van der Waals surface area contributed by atoms with E-state index in [1.165, 1.54) is 24.5 Å². The van der Waals surface area contributed by atoms with Gasteiger partial charge in [-0.15, -0.1) is 0 Å². The van der Waals surface area contributed by atoms with Crippen molar-refractivity contribution in [2.45, 2.75) is 4.90 Å². The number of nitrogens with two attached hydrogens (primary N) is 1. The van der Waals surface area contributed by atoms with Crippen LogP contribution in [0.5, 0.6) is 0 Å². The summed E-state index contributed by atoms with van der Waals surface area (Å²) in [6.45, 7) is 0. The second-order valence-corrected chi connectivity index (χ2v) is 5.31. The van der Waals surface area contributed by atoms with Gasteiger partial charge in [-0.1, -0.05) is 0 Å². The highest BCUT2D eigenvalue weighted by atomic mass is 32.2. The van der Waals surface area contributed by atoms with Crippen LogP contribution in [-0.4, -0.2) is 23.3 Å². The fraction of sp³-hybridized carbons (Fsp3) is 0. The fourth-order valence-corrected chi connectivity index (χ4v) is 2.59. The van der Waals surface area contributed by atoms with Crippen LogP contribution in [-0.2, 0) is 10.0 Å². The number of hydrogen-bond donors (Lipinski definition) is 2. The van der Waals surface area contributed by atoms with Crippen molar-refractivity contribution in [1.29, 1.82) is 0 Å². The van der Waals surface area contributed by atoms with E-state index in [9.17, 15) is 18.5 Å². The number of benzene rings is 1. The van der Waals surface area contributed by atoms with E-state index in [1.54, 1.807) is 0 Å². The SMILES string of the molecule is Nc1ccc([N+](=O)[O-])c(S(=O)(=O)Nc2ncccn2)c1. The molecule has 10 heteroatoms. The maximum atomic E-state index is 12.1. The molecule has 2 aromatic rings. The standard InChI is InChI=1S/C10H9N5O4S/c11-7-2-3-8(15(16)17)9(6-7)20(18,19)14-10-12-4-1-5-13-10/h1-6H,11H2,(H,12,13,14). The minimum absolute atomic E-state index is 0.0879. The molecule has 2 rings (SSSR count). The number of sulfonamides is 1. The van der Waals surface area contributed by atoms with E-state index >= 15 is 0 Å². The molecule has 0 saturated heterocycles. The molecule has 0 aliphatic carbocycles. The Morgan fingerprint density at radius 3 is 2.50 bits per heavy atom. The van der Waals surface area contributed by atoms with Crippen LogP contribution in [0.15, 0.2) is 41.6 Å². The van der Waals surface area contributed by atoms with Crippen molar-refractivity contribution in [3.8, 4) is 0 Å². The summed E-state index contributed by atoms with van der Waals surface area (Å²) >= 11 is 0. The number of nitrogens with one attached hydrogen (secondary N) is 1. The highest BCUT2D eigenvalue weighted by molar-refractivity contribution is 7.92. The van der Waals surface area contributed by atoms with Gasteiger partial charge in [-0.3, -0.25) is 10.1 Å². The summed E-state index contributed by atoms with van der Waals surface area (Å²) in [5.41, 5.74) is 4.98. The third-order valence-corrected chi connectivity index (χ3v) is 3.62. The summed E-state index contributed by atoms with van der Waals surface area (Å²) in [5.74, 6) is -0.191. The van der Waals surface area contributed by atoms with Gasteiger partial charge in [0.15, 0.2) is 4.90 Å². The van der Waals surface area contributed by atoms with Crippen molar-refractivity contribution in [3.63, 3.8) is 0 Å². The largest absolute Gasteiger partial charge is 0.399 e. The van der Waals surface area contributed by atoms with E-state index in [0.717, 1.165) is 12.1 Å². The van der Waals surface area contributed by atoms with Crippen LogP contribution in [0.2, 0.25) is 0 Å². The summed E-state index contributed by atoms with van der Waals surface area (Å²) in [4.78, 5) is 16.9. The second-order valence-electron chi connectivity index (χ2n) is 3.66. The maximum Gasteiger partial charge on any atom is 0.290 e. The van der Waals surface area contributed by atoms with Crippen molar-refractivity contribution in [3.05, 3.63) is 46.8 Å². The van der Waals surface area contributed by atoms with Gasteiger partial charge in [0, 0.05) is 24.1 Å². The van der Waals surface area contributed by atoms with E-state index in [2.05, 4.69) is 9.97 Å². The molecule has 0 aliphatic rings. The zero-order valence-electron chi connectivity index (χ0n) is 9.92. The molecule has 0 bridgehead atoms. The first-order valence-corrected chi connectivity index (χ1v) is 6.72. The molecule has 0 radical (unpaired) electrons. The summed E-state index contributed by atoms with van der Waals surface area (Å²) in [6.07, 6.45) is 2.66. The van der Waals surface area contributed by atoms with Gasteiger partial charge in [-0.2, -0.15) is 0 Å². The molecular weight excluding hydrogens is 286 g/mol. The van der Waals surface area contributed by atoms with E-state index in [4.69, 9.17) is 5.73 Å². The Balaban J connectivity index is 2.49. The van der Waals surface area contributed by atoms with Crippen molar-refractivity contribution in [2.75, 3.05) is 10.5 Å². The molecule has 0 saturated carbocycles. The number of anilines is 2. The van der Waals surface area contributed by atoms with Gasteiger partial charge >= 0.3 is 0 Å². The number of nitrogen functional groups attached to an aromatic ring is 1. The van der Waals surface area contributed by atoms with Gasteiger partial charge in [0.1, 0.15) is 0 Å². The first kappa shape index (κ1) is 13.7. The lowest BCUT2D eigenvalue weighted by molar-refractivity contribution is -0.387. The molecule has 3 N–H and O–H groups in total. The summed E-state index contributed by atoms with van der Waals surface area (Å²) in [5, 5.41) is 10.9. The number of hydrogen-bond acceptors (Lipinski definition) is 7. The number of aromatic nitrogens is 2. The molecule has 0 amide bonds. The lowest BCUT2D eigenvalue weighted by Crippen LogP contribution is -2.16. The Kier molecular flexibility index (Phi) is 3.48. The van der Waals surface area contributed by atoms with Crippen molar-refractivity contribution in [2.24, 2.45) is 0 Å². The molecule has 104 valence electrons. The van der Waals surface area contributed by atoms with Gasteiger partial charge in [0.25, 0.3) is 15.7 Å². The van der Waals surface area contributed by atoms with E-state index in [1.807, 2.05) is 4.72 Å². The van der Waals surface area contributed by atoms with Crippen LogP contribution in [0.4, 0.5) is 17.3 Å². The van der Waals surface area contributed by atoms with Gasteiger partial charge in [-0.25, -0.2) is 23.1 Å². The van der Waals surface area contributed by atoms with Crippen molar-refractivity contribution >= 4 is 27.3 Å². The van der Waals surface area contributed by atoms with Gasteiger partial charge in [0.2, 0.25) is 5.95 Å². The molecule has 9 nitrogen and oxygen atoms in total. The van der Waals surface area contributed by atoms with Gasteiger partial charge in [-0.05, 0) is 18.2 Å². The lowest BCUT2D eigenvalue weighted by atomic mass is 10.3. The van der Waals surface area contributed by atoms with Gasteiger partial charge in [0.05, 0.1) is 4.92 Å². The minimum Gasteiger partial charge on any atom is -0.399 e. The second kappa shape index (κ2) is 5.09. The first-order chi connectivity index (χ1) is 9.40. The predicted octanol–water partition coefficient (Wildman–Crippen LogP) is 0.768. The van der Waals surface area contributed by atoms with Gasteiger partial charge < -0.3 is 5.73 Å². The zero-order chi connectivity index (χ0) is 14.8. The van der Waals surface area contributed by atoms with Crippen LogP contribution in [0.1, 0.15) is 0 Å². The van der Waals surface area contributed by atoms with Crippen LogP contribution in [0.25, 0.3) is 0 Å². The molecule has 0 unspecified atom stereocenters. The Morgan fingerprint density at radius 2 is 1.90 bits per heavy atom. The van der Waals surface area contributed by atoms with Crippen LogP contribution in [0, 0.1) is 10.1 Å². The molecule has 1 aromatic heterocycles. The highest BCUT2D eigenvalue weighted by Crippen LogP contribution is 2.26. The molecule has 0 aliphatic heterocycles. The smallest absolute Gasteiger partial charge is 0.290 e. The number of nitro benzene ring substituents is 1. The van der Waals surface area contributed by atoms with Crippen LogP contribution < -0.4 is 10.5 Å². The van der Waals surface area contributed by atoms with Crippen molar-refractivity contribution in [1.82, 2.24) is 9.97 Å². The molecule has 0 spiro atoms. The molecule has 1 aromatic carbocycles. The van der Waals surface area contributed by atoms with E-state index in [0.29, 0.717) is 0 Å². The highest BCUT2D eigenvalue weighted by Gasteiger charge is 2.26. The zero-order valence-corrected chi connectivity index (χ0v) is 10.7. The third-order valence-electron chi connectivity index (χ3n) is 2.26. The summed E-state index contributed by atoms with van der Waals surface area (Å²) in [7, 11) is -4.21. The quantitative estimate of drug-likeness (QED) is 0.482. The maximum absolute atomic E-state index is 12.1. The average Bonchev–Trinajstić information content (AvgIpc) is 2.39. The third kappa shape index (κ3) is 2.80. The molecule has 0 atom stereocenters. The first-order valence-electron chi connectivity index (χ1n) is 5.24. The topological polar surface area (TPSA) is 141 Å². The Morgan fingerprint density at radius 1 is 1.25 bits per heavy atom. The Hall–Kier alpha value is -2.75. The molecule has 20 heavy (non-hydrogen) atoms. The van der Waals surface area contributed by atoms with E-state index < -0.39 is 25.5 Å². The van der Waals surface area contributed by atoms with Crippen molar-refractivity contribution < 1.29 is 13.3 Å². The fourth-order valence-electron chi connectivity index (χ4n) is 1.42. The molecular formula is C10H9N5O4S. The number of rotatable bonds is 4. The number of nitrogens with zero attached hydrogens (tertiary/aromatic N) is 3. The molecule has 0 fully saturated rings. The van der Waals surface area contributed by atoms with E-state index in [-0.39, 0.29) is 11.6 Å². The monoisotopic (exact) mass is 295 g/mol. The minimum atomic E-state index is -4.21. The normalized spacial score (nSPS) is 11.0. The average molecular weight is 295 g/mol. The van der Waals surface area contributed by atoms with Crippen LogP contribution in [0.3, 0.4) is 0 Å². The lowest BCUT2D eigenvalue weighted by Gasteiger charge is -2.07. The number of nitro groups is 1.